The van der Waals surface area contributed by atoms with Crippen molar-refractivity contribution in [2.24, 2.45) is 0 Å². The van der Waals surface area contributed by atoms with Crippen LogP contribution in [0.5, 0.6) is 5.75 Å². The average molecular weight is 301 g/mol. The zero-order valence-corrected chi connectivity index (χ0v) is 11.6. The molecule has 4 nitrogen and oxygen atoms in total. The van der Waals surface area contributed by atoms with Crippen LogP contribution >= 0.6 is 15.9 Å². The highest BCUT2D eigenvalue weighted by molar-refractivity contribution is 9.10. The zero-order chi connectivity index (χ0) is 12.8. The van der Waals surface area contributed by atoms with Gasteiger partial charge in [-0.1, -0.05) is 6.07 Å². The lowest BCUT2D eigenvalue weighted by atomic mass is 10.3. The Morgan fingerprint density at radius 3 is 2.88 bits per heavy atom. The summed E-state index contributed by atoms with van der Waals surface area (Å²) in [5.41, 5.74) is 6.33. The van der Waals surface area contributed by atoms with Crippen molar-refractivity contribution in [2.45, 2.75) is 26.3 Å². The van der Waals surface area contributed by atoms with Gasteiger partial charge in [0.2, 0.25) is 5.91 Å². The van der Waals surface area contributed by atoms with Crippen LogP contribution in [0.15, 0.2) is 22.7 Å². The van der Waals surface area contributed by atoms with Crippen molar-refractivity contribution in [2.75, 3.05) is 12.3 Å². The Bertz CT molecular complexity index is 394. The second kappa shape index (κ2) is 6.49. The fraction of sp³-hybridized carbons (Fsp3) is 0.417. The summed E-state index contributed by atoms with van der Waals surface area (Å²) in [5, 5.41) is 2.80. The first-order valence-corrected chi connectivity index (χ1v) is 6.26. The van der Waals surface area contributed by atoms with E-state index in [1.807, 2.05) is 19.9 Å². The first kappa shape index (κ1) is 13.8. The highest BCUT2D eigenvalue weighted by Crippen LogP contribution is 2.30. The van der Waals surface area contributed by atoms with Crippen molar-refractivity contribution >= 4 is 27.5 Å². The van der Waals surface area contributed by atoms with Gasteiger partial charge in [-0.25, -0.2) is 0 Å². The number of nitrogens with one attached hydrogen (secondary N) is 1. The molecular weight excluding hydrogens is 284 g/mol. The lowest BCUT2D eigenvalue weighted by Crippen LogP contribution is -2.31. The monoisotopic (exact) mass is 300 g/mol. The van der Waals surface area contributed by atoms with E-state index in [0.717, 1.165) is 4.47 Å². The molecular formula is C12H17BrN2O2. The lowest BCUT2D eigenvalue weighted by Gasteiger charge is -2.11. The Hall–Kier alpha value is -1.23. The first-order valence-electron chi connectivity index (χ1n) is 5.47. The number of hydrogen-bond acceptors (Lipinski definition) is 3. The molecule has 0 saturated heterocycles. The van der Waals surface area contributed by atoms with Crippen LogP contribution in [0.4, 0.5) is 5.69 Å². The Kier molecular flexibility index (Phi) is 5.28. The molecule has 0 saturated carbocycles. The number of hydrogen-bond donors (Lipinski definition) is 2. The van der Waals surface area contributed by atoms with Crippen molar-refractivity contribution in [3.8, 4) is 5.75 Å². The maximum absolute atomic E-state index is 11.4. The molecule has 1 rings (SSSR count). The summed E-state index contributed by atoms with van der Waals surface area (Å²) >= 11 is 3.34. The summed E-state index contributed by atoms with van der Waals surface area (Å²) in [6, 6.07) is 5.55. The number of halogens is 1. The molecule has 17 heavy (non-hydrogen) atoms. The van der Waals surface area contributed by atoms with E-state index in [0.29, 0.717) is 24.5 Å². The van der Waals surface area contributed by atoms with Gasteiger partial charge in [0.1, 0.15) is 5.75 Å². The molecule has 0 aliphatic rings. The van der Waals surface area contributed by atoms with Gasteiger partial charge < -0.3 is 15.8 Å². The third kappa shape index (κ3) is 4.65. The van der Waals surface area contributed by atoms with E-state index in [1.165, 1.54) is 0 Å². The van der Waals surface area contributed by atoms with Crippen LogP contribution in [0.3, 0.4) is 0 Å². The summed E-state index contributed by atoms with van der Waals surface area (Å²) in [4.78, 5) is 11.4. The van der Waals surface area contributed by atoms with Crippen LogP contribution in [0.1, 0.15) is 20.3 Å². The van der Waals surface area contributed by atoms with E-state index in [9.17, 15) is 4.79 Å². The second-order valence-corrected chi connectivity index (χ2v) is 4.77. The normalized spacial score (nSPS) is 10.4. The van der Waals surface area contributed by atoms with E-state index in [1.54, 1.807) is 12.1 Å². The molecule has 0 unspecified atom stereocenters. The van der Waals surface area contributed by atoms with E-state index < -0.39 is 0 Å². The number of nitrogen functional groups attached to an aromatic ring is 1. The highest BCUT2D eigenvalue weighted by atomic mass is 79.9. The molecule has 0 bridgehead atoms. The molecule has 0 fully saturated rings. The number of amides is 1. The summed E-state index contributed by atoms with van der Waals surface area (Å²) < 4.78 is 6.21. The fourth-order valence-corrected chi connectivity index (χ4v) is 1.67. The maximum atomic E-state index is 11.4. The largest absolute Gasteiger partial charge is 0.492 e. The minimum atomic E-state index is -0.0139. The van der Waals surface area contributed by atoms with Crippen molar-refractivity contribution < 1.29 is 9.53 Å². The van der Waals surface area contributed by atoms with Gasteiger partial charge >= 0.3 is 0 Å². The number of carbonyl (C=O) groups is 1. The predicted molar refractivity (Wildman–Crippen MR) is 71.9 cm³/mol. The molecule has 1 aromatic rings. The molecule has 1 amide bonds. The van der Waals surface area contributed by atoms with Crippen LogP contribution in [0.2, 0.25) is 0 Å². The molecule has 1 aromatic carbocycles. The average Bonchev–Trinajstić information content (AvgIpc) is 2.23. The fourth-order valence-electron chi connectivity index (χ4n) is 1.29. The molecule has 94 valence electrons. The predicted octanol–water partition coefficient (Wildman–Crippen LogP) is 2.32. The third-order valence-corrected chi connectivity index (χ3v) is 2.88. The molecule has 0 aliphatic heterocycles. The molecule has 3 N–H and O–H groups in total. The topological polar surface area (TPSA) is 64.3 Å². The van der Waals surface area contributed by atoms with Gasteiger partial charge in [-0.2, -0.15) is 0 Å². The Morgan fingerprint density at radius 1 is 1.53 bits per heavy atom. The minimum absolute atomic E-state index is 0.0139. The van der Waals surface area contributed by atoms with Crippen LogP contribution in [0, 0.1) is 0 Å². The molecule has 0 aliphatic carbocycles. The van der Waals surface area contributed by atoms with Crippen molar-refractivity contribution in [1.29, 1.82) is 0 Å². The van der Waals surface area contributed by atoms with Crippen molar-refractivity contribution in [1.82, 2.24) is 5.32 Å². The number of carbonyl (C=O) groups excluding carboxylic acids is 1. The number of anilines is 1. The van der Waals surface area contributed by atoms with Gasteiger partial charge in [-0.15, -0.1) is 0 Å². The Labute approximate surface area is 110 Å². The minimum Gasteiger partial charge on any atom is -0.492 e. The summed E-state index contributed by atoms with van der Waals surface area (Å²) in [6.07, 6.45) is 0.333. The van der Waals surface area contributed by atoms with Crippen molar-refractivity contribution in [3.63, 3.8) is 0 Å². The molecule has 0 radical (unpaired) electrons. The van der Waals surface area contributed by atoms with Crippen LogP contribution < -0.4 is 15.8 Å². The number of nitrogens with two attached hydrogens (primary N) is 1. The quantitative estimate of drug-likeness (QED) is 0.820. The number of rotatable bonds is 5. The van der Waals surface area contributed by atoms with Crippen LogP contribution in [-0.2, 0) is 4.79 Å². The van der Waals surface area contributed by atoms with Gasteiger partial charge in [0, 0.05) is 11.7 Å². The van der Waals surface area contributed by atoms with Gasteiger partial charge in [0.15, 0.2) is 0 Å². The van der Waals surface area contributed by atoms with Crippen LogP contribution in [0.25, 0.3) is 0 Å². The van der Waals surface area contributed by atoms with Gasteiger partial charge in [-0.05, 0) is 41.9 Å². The van der Waals surface area contributed by atoms with Gasteiger partial charge in [0.05, 0.1) is 17.5 Å². The van der Waals surface area contributed by atoms with Gasteiger partial charge in [0.25, 0.3) is 0 Å². The lowest BCUT2D eigenvalue weighted by molar-refractivity contribution is -0.122. The second-order valence-electron chi connectivity index (χ2n) is 3.98. The van der Waals surface area contributed by atoms with E-state index >= 15 is 0 Å². The third-order valence-electron chi connectivity index (χ3n) is 2.03. The highest BCUT2D eigenvalue weighted by Gasteiger charge is 2.06. The molecule has 0 atom stereocenters. The van der Waals surface area contributed by atoms with Gasteiger partial charge in [-0.3, -0.25) is 4.79 Å². The zero-order valence-electron chi connectivity index (χ0n) is 10.00. The van der Waals surface area contributed by atoms with Crippen LogP contribution in [-0.4, -0.2) is 18.6 Å². The number of benzene rings is 1. The Morgan fingerprint density at radius 2 is 2.24 bits per heavy atom. The maximum Gasteiger partial charge on any atom is 0.223 e. The summed E-state index contributed by atoms with van der Waals surface area (Å²) in [6.45, 7) is 4.18. The van der Waals surface area contributed by atoms with E-state index in [-0.39, 0.29) is 11.9 Å². The molecule has 5 heteroatoms. The van der Waals surface area contributed by atoms with E-state index in [2.05, 4.69) is 21.2 Å². The summed E-state index contributed by atoms with van der Waals surface area (Å²) in [5.74, 6) is 0.641. The molecule has 0 aromatic heterocycles. The molecule has 0 heterocycles. The number of ether oxygens (including phenoxy) is 1. The summed E-state index contributed by atoms with van der Waals surface area (Å²) in [7, 11) is 0. The smallest absolute Gasteiger partial charge is 0.223 e. The van der Waals surface area contributed by atoms with Crippen molar-refractivity contribution in [3.05, 3.63) is 22.7 Å². The molecule has 0 spiro atoms. The first-order chi connectivity index (χ1) is 8.00. The Balaban J connectivity index is 2.41. The standard InChI is InChI=1S/C12H17BrN2O2/c1-8(2)15-11(16)6-7-17-10-5-3-4-9(14)12(10)13/h3-5,8H,6-7,14H2,1-2H3,(H,15,16). The SMILES string of the molecule is CC(C)NC(=O)CCOc1cccc(N)c1Br. The van der Waals surface area contributed by atoms with E-state index in [4.69, 9.17) is 10.5 Å².